The summed E-state index contributed by atoms with van der Waals surface area (Å²) in [5.74, 6) is 0.487. The Morgan fingerprint density at radius 1 is 1.03 bits per heavy atom. The van der Waals surface area contributed by atoms with Crippen LogP contribution in [-0.2, 0) is 4.79 Å². The van der Waals surface area contributed by atoms with Crippen molar-refractivity contribution in [2.75, 3.05) is 13.1 Å². The van der Waals surface area contributed by atoms with Crippen molar-refractivity contribution in [2.45, 2.75) is 18.4 Å². The number of likely N-dealkylation sites (tertiary alicyclic amines) is 1. The SMILES string of the molecule is O=C(C1c2ccccc2Oc2ccccc21)N1CCC(Oc2ncc(F)cn2)C1. The fourth-order valence-electron chi connectivity index (χ4n) is 3.89. The number of rotatable bonds is 3. The minimum atomic E-state index is -0.516. The summed E-state index contributed by atoms with van der Waals surface area (Å²) in [7, 11) is 0. The predicted octanol–water partition coefficient (Wildman–Crippen LogP) is 3.53. The van der Waals surface area contributed by atoms with Crippen molar-refractivity contribution in [3.63, 3.8) is 0 Å². The molecule has 3 heterocycles. The van der Waals surface area contributed by atoms with Crippen LogP contribution in [-0.4, -0.2) is 40.0 Å². The highest BCUT2D eigenvalue weighted by atomic mass is 19.1. The van der Waals surface area contributed by atoms with Crippen LogP contribution in [0.2, 0.25) is 0 Å². The Morgan fingerprint density at radius 2 is 1.66 bits per heavy atom. The second kappa shape index (κ2) is 7.16. The largest absolute Gasteiger partial charge is 0.458 e. The number of halogens is 1. The van der Waals surface area contributed by atoms with Gasteiger partial charge in [-0.15, -0.1) is 0 Å². The summed E-state index contributed by atoms with van der Waals surface area (Å²) >= 11 is 0. The molecule has 29 heavy (non-hydrogen) atoms. The molecule has 5 rings (SSSR count). The monoisotopic (exact) mass is 391 g/mol. The summed E-state index contributed by atoms with van der Waals surface area (Å²) in [4.78, 5) is 23.0. The maximum atomic E-state index is 13.5. The lowest BCUT2D eigenvalue weighted by Gasteiger charge is -2.30. The van der Waals surface area contributed by atoms with Crippen LogP contribution in [0.1, 0.15) is 23.5 Å². The number of hydrogen-bond acceptors (Lipinski definition) is 5. The molecule has 6 nitrogen and oxygen atoms in total. The summed E-state index contributed by atoms with van der Waals surface area (Å²) in [6, 6.07) is 15.4. The fraction of sp³-hybridized carbons (Fsp3) is 0.227. The molecule has 3 aromatic rings. The molecule has 1 unspecified atom stereocenters. The zero-order valence-electron chi connectivity index (χ0n) is 15.5. The van der Waals surface area contributed by atoms with Crippen LogP contribution < -0.4 is 9.47 Å². The second-order valence-corrected chi connectivity index (χ2v) is 7.11. The van der Waals surface area contributed by atoms with E-state index in [0.29, 0.717) is 31.0 Å². The van der Waals surface area contributed by atoms with E-state index in [1.165, 1.54) is 0 Å². The molecular weight excluding hydrogens is 373 g/mol. The zero-order valence-corrected chi connectivity index (χ0v) is 15.5. The van der Waals surface area contributed by atoms with E-state index in [9.17, 15) is 9.18 Å². The third kappa shape index (κ3) is 3.29. The molecule has 2 aliphatic rings. The van der Waals surface area contributed by atoms with Crippen LogP contribution in [0.25, 0.3) is 0 Å². The van der Waals surface area contributed by atoms with Gasteiger partial charge < -0.3 is 14.4 Å². The van der Waals surface area contributed by atoms with Gasteiger partial charge in [0.1, 0.15) is 17.6 Å². The van der Waals surface area contributed by atoms with Crippen molar-refractivity contribution < 1.29 is 18.7 Å². The normalized spacial score (nSPS) is 18.0. The molecule has 0 N–H and O–H groups in total. The molecule has 0 spiro atoms. The molecule has 2 aliphatic heterocycles. The summed E-state index contributed by atoms with van der Waals surface area (Å²) in [5.41, 5.74) is 1.73. The van der Waals surface area contributed by atoms with Crippen molar-refractivity contribution >= 4 is 5.91 Å². The van der Waals surface area contributed by atoms with E-state index in [0.717, 1.165) is 23.5 Å². The van der Waals surface area contributed by atoms with Gasteiger partial charge in [-0.05, 0) is 12.1 Å². The maximum Gasteiger partial charge on any atom is 0.316 e. The molecule has 0 aliphatic carbocycles. The minimum Gasteiger partial charge on any atom is -0.458 e. The van der Waals surface area contributed by atoms with Gasteiger partial charge in [-0.25, -0.2) is 14.4 Å². The first-order chi connectivity index (χ1) is 14.2. The second-order valence-electron chi connectivity index (χ2n) is 7.11. The lowest BCUT2D eigenvalue weighted by molar-refractivity contribution is -0.131. The van der Waals surface area contributed by atoms with Gasteiger partial charge in [0.2, 0.25) is 5.91 Å². The standard InChI is InChI=1S/C22H18FN3O3/c23-14-11-24-22(25-12-14)28-15-9-10-26(13-15)21(27)20-16-5-1-3-7-18(16)29-19-8-4-2-6-17(19)20/h1-8,11-12,15,20H,9-10,13H2. The highest BCUT2D eigenvalue weighted by Crippen LogP contribution is 2.44. The number of carbonyl (C=O) groups is 1. The minimum absolute atomic E-state index is 0.0133. The van der Waals surface area contributed by atoms with Crippen LogP contribution in [0, 0.1) is 5.82 Å². The number of fused-ring (bicyclic) bond motifs is 2. The van der Waals surface area contributed by atoms with Gasteiger partial charge in [0.25, 0.3) is 0 Å². The fourth-order valence-corrected chi connectivity index (χ4v) is 3.89. The summed E-state index contributed by atoms with van der Waals surface area (Å²) in [6.45, 7) is 1.01. The molecule has 7 heteroatoms. The zero-order chi connectivity index (χ0) is 19.8. The van der Waals surface area contributed by atoms with Gasteiger partial charge in [-0.2, -0.15) is 0 Å². The van der Waals surface area contributed by atoms with E-state index in [-0.39, 0.29) is 18.0 Å². The molecular formula is C22H18FN3O3. The molecule has 1 saturated heterocycles. The Bertz CT molecular complexity index is 1010. The molecule has 1 aromatic heterocycles. The van der Waals surface area contributed by atoms with E-state index in [1.807, 2.05) is 48.5 Å². The number of benzene rings is 2. The van der Waals surface area contributed by atoms with E-state index in [2.05, 4.69) is 9.97 Å². The average Bonchev–Trinajstić information content (AvgIpc) is 3.22. The summed E-state index contributed by atoms with van der Waals surface area (Å²) < 4.78 is 24.7. The van der Waals surface area contributed by atoms with Crippen LogP contribution >= 0.6 is 0 Å². The molecule has 0 saturated carbocycles. The Balaban J connectivity index is 1.38. The highest BCUT2D eigenvalue weighted by molar-refractivity contribution is 5.90. The Morgan fingerprint density at radius 3 is 2.31 bits per heavy atom. The van der Waals surface area contributed by atoms with Gasteiger partial charge in [0, 0.05) is 24.1 Å². The molecule has 1 atom stereocenters. The van der Waals surface area contributed by atoms with Crippen molar-refractivity contribution in [1.82, 2.24) is 14.9 Å². The molecule has 1 amide bonds. The smallest absolute Gasteiger partial charge is 0.316 e. The van der Waals surface area contributed by atoms with Crippen molar-refractivity contribution in [3.8, 4) is 17.5 Å². The van der Waals surface area contributed by atoms with Crippen LogP contribution in [0.15, 0.2) is 60.9 Å². The summed E-state index contributed by atoms with van der Waals surface area (Å²) in [5, 5.41) is 0. The van der Waals surface area contributed by atoms with Gasteiger partial charge in [0.15, 0.2) is 5.82 Å². The predicted molar refractivity (Wildman–Crippen MR) is 102 cm³/mol. The van der Waals surface area contributed by atoms with Crippen LogP contribution in [0.3, 0.4) is 0 Å². The average molecular weight is 391 g/mol. The van der Waals surface area contributed by atoms with Gasteiger partial charge in [-0.3, -0.25) is 4.79 Å². The quantitative estimate of drug-likeness (QED) is 0.683. The van der Waals surface area contributed by atoms with E-state index in [4.69, 9.17) is 9.47 Å². The molecule has 0 radical (unpaired) electrons. The molecule has 1 fully saturated rings. The lowest BCUT2D eigenvalue weighted by atomic mass is 9.87. The first-order valence-corrected chi connectivity index (χ1v) is 9.48. The number of aromatic nitrogens is 2. The number of ether oxygens (including phenoxy) is 2. The van der Waals surface area contributed by atoms with Gasteiger partial charge in [-0.1, -0.05) is 36.4 Å². The maximum absolute atomic E-state index is 13.5. The molecule has 0 bridgehead atoms. The molecule has 2 aromatic carbocycles. The third-order valence-electron chi connectivity index (χ3n) is 5.25. The first-order valence-electron chi connectivity index (χ1n) is 9.48. The van der Waals surface area contributed by atoms with E-state index < -0.39 is 11.7 Å². The number of nitrogens with zero attached hydrogens (tertiary/aromatic N) is 3. The van der Waals surface area contributed by atoms with Gasteiger partial charge >= 0.3 is 6.01 Å². The highest BCUT2D eigenvalue weighted by Gasteiger charge is 2.38. The number of para-hydroxylation sites is 2. The van der Waals surface area contributed by atoms with E-state index >= 15 is 0 Å². The van der Waals surface area contributed by atoms with Crippen molar-refractivity contribution in [3.05, 3.63) is 77.9 Å². The van der Waals surface area contributed by atoms with Crippen molar-refractivity contribution in [1.29, 1.82) is 0 Å². The van der Waals surface area contributed by atoms with Crippen LogP contribution in [0.4, 0.5) is 4.39 Å². The Hall–Kier alpha value is -3.48. The Labute approximate surface area is 166 Å². The lowest BCUT2D eigenvalue weighted by Crippen LogP contribution is -2.36. The topological polar surface area (TPSA) is 64.5 Å². The number of hydrogen-bond donors (Lipinski definition) is 0. The number of carbonyl (C=O) groups excluding carboxylic acids is 1. The first kappa shape index (κ1) is 17.6. The molecule has 146 valence electrons. The number of amides is 1. The van der Waals surface area contributed by atoms with E-state index in [1.54, 1.807) is 4.90 Å². The summed E-state index contributed by atoms with van der Waals surface area (Å²) in [6.07, 6.45) is 2.57. The third-order valence-corrected chi connectivity index (χ3v) is 5.25. The van der Waals surface area contributed by atoms with Crippen LogP contribution in [0.5, 0.6) is 17.5 Å². The van der Waals surface area contributed by atoms with Crippen molar-refractivity contribution in [2.24, 2.45) is 0 Å². The Kier molecular flexibility index (Phi) is 4.35. The van der Waals surface area contributed by atoms with Gasteiger partial charge in [0.05, 0.1) is 24.9 Å².